The summed E-state index contributed by atoms with van der Waals surface area (Å²) < 4.78 is 0. The van der Waals surface area contributed by atoms with Gasteiger partial charge in [0.05, 0.1) is 5.54 Å². The van der Waals surface area contributed by atoms with Crippen LogP contribution in [0.5, 0.6) is 0 Å². The van der Waals surface area contributed by atoms with Crippen molar-refractivity contribution in [2.24, 2.45) is 10.1 Å². The van der Waals surface area contributed by atoms with Crippen LogP contribution in [0.15, 0.2) is 34.4 Å². The Balaban J connectivity index is 1.35. The third kappa shape index (κ3) is 3.62. The highest BCUT2D eigenvalue weighted by molar-refractivity contribution is 8.15. The molecule has 3 aliphatic heterocycles. The topological polar surface area (TPSA) is 77.4 Å². The number of likely N-dealkylation sites (tertiary alicyclic amines) is 1. The Bertz CT molecular complexity index is 1010. The van der Waals surface area contributed by atoms with E-state index in [2.05, 4.69) is 37.9 Å². The Hall–Kier alpha value is -2.35. The normalized spacial score (nSPS) is 25.6. The van der Waals surface area contributed by atoms with Gasteiger partial charge < -0.3 is 10.2 Å². The van der Waals surface area contributed by atoms with Crippen LogP contribution in [0, 0.1) is 0 Å². The maximum absolute atomic E-state index is 13.5. The van der Waals surface area contributed by atoms with Crippen molar-refractivity contribution in [3.8, 4) is 0 Å². The first kappa shape index (κ1) is 21.5. The molecule has 1 aromatic carbocycles. The quantitative estimate of drug-likeness (QED) is 0.761. The molecule has 2 fully saturated rings. The number of nitrogens with one attached hydrogen (secondary N) is 1. The lowest BCUT2D eigenvalue weighted by Gasteiger charge is -2.33. The number of carbonyl (C=O) groups is 2. The van der Waals surface area contributed by atoms with Gasteiger partial charge in [-0.15, -0.1) is 0 Å². The lowest BCUT2D eigenvalue weighted by molar-refractivity contribution is -0.125. The number of fused-ring (bicyclic) bond motifs is 1. The second kappa shape index (κ2) is 7.61. The molecule has 1 aromatic rings. The minimum absolute atomic E-state index is 0.0483. The zero-order chi connectivity index (χ0) is 22.7. The maximum Gasteiger partial charge on any atom is 0.271 e. The van der Waals surface area contributed by atoms with Crippen LogP contribution in [0.3, 0.4) is 0 Å². The second-order valence-corrected chi connectivity index (χ2v) is 11.3. The Morgan fingerprint density at radius 1 is 1.19 bits per heavy atom. The van der Waals surface area contributed by atoms with Gasteiger partial charge in [0.1, 0.15) is 11.0 Å². The molecular formula is C24H31N5O2S. The fraction of sp³-hybridized carbons (Fsp3) is 0.583. The molecule has 1 spiro atoms. The van der Waals surface area contributed by atoms with Crippen LogP contribution in [0.4, 0.5) is 0 Å². The van der Waals surface area contributed by atoms with E-state index in [1.54, 1.807) is 0 Å². The minimum atomic E-state index is -0.285. The molecule has 1 aliphatic carbocycles. The molecule has 7 nitrogen and oxygen atoms in total. The summed E-state index contributed by atoms with van der Waals surface area (Å²) in [5, 5.41) is 10.0. The molecule has 170 valence electrons. The summed E-state index contributed by atoms with van der Waals surface area (Å²) in [5.41, 5.74) is 2.17. The number of amides is 2. The number of amidine groups is 1. The molecule has 1 saturated heterocycles. The predicted molar refractivity (Wildman–Crippen MR) is 128 cm³/mol. The summed E-state index contributed by atoms with van der Waals surface area (Å²) in [6, 6.07) is 7.63. The largest absolute Gasteiger partial charge is 0.332 e. The molecule has 4 aliphatic rings. The molecule has 5 rings (SSSR count). The van der Waals surface area contributed by atoms with Crippen molar-refractivity contribution >= 4 is 34.5 Å². The van der Waals surface area contributed by atoms with Crippen LogP contribution >= 0.6 is 11.8 Å². The van der Waals surface area contributed by atoms with E-state index in [1.165, 1.54) is 17.3 Å². The highest BCUT2D eigenvalue weighted by Gasteiger charge is 2.56. The van der Waals surface area contributed by atoms with Crippen molar-refractivity contribution in [2.45, 2.75) is 82.3 Å². The van der Waals surface area contributed by atoms with Crippen LogP contribution < -0.4 is 5.32 Å². The highest BCUT2D eigenvalue weighted by Crippen LogP contribution is 2.50. The molecule has 1 saturated carbocycles. The van der Waals surface area contributed by atoms with Gasteiger partial charge in [0, 0.05) is 17.6 Å². The monoisotopic (exact) mass is 453 g/mol. The van der Waals surface area contributed by atoms with Gasteiger partial charge in [-0.05, 0) is 70.6 Å². The van der Waals surface area contributed by atoms with E-state index in [4.69, 9.17) is 10.1 Å². The number of thioether (sulfide) groups is 1. The van der Waals surface area contributed by atoms with Crippen molar-refractivity contribution in [3.63, 3.8) is 0 Å². The summed E-state index contributed by atoms with van der Waals surface area (Å²) in [6.07, 6.45) is 5.03. The molecule has 3 heterocycles. The van der Waals surface area contributed by atoms with Gasteiger partial charge in [0.2, 0.25) is 0 Å². The van der Waals surface area contributed by atoms with Crippen molar-refractivity contribution in [1.82, 2.24) is 15.2 Å². The molecular weight excluding hydrogens is 422 g/mol. The van der Waals surface area contributed by atoms with E-state index < -0.39 is 0 Å². The van der Waals surface area contributed by atoms with Crippen LogP contribution in [0.1, 0.15) is 69.3 Å². The van der Waals surface area contributed by atoms with Crippen molar-refractivity contribution < 1.29 is 9.59 Å². The summed E-state index contributed by atoms with van der Waals surface area (Å²) >= 11 is 1.45. The van der Waals surface area contributed by atoms with Gasteiger partial charge in [-0.2, -0.15) is 5.10 Å². The van der Waals surface area contributed by atoms with Crippen molar-refractivity contribution in [1.29, 1.82) is 0 Å². The zero-order valence-electron chi connectivity index (χ0n) is 19.2. The molecule has 2 amide bonds. The first-order valence-electron chi connectivity index (χ1n) is 11.6. The minimum Gasteiger partial charge on any atom is -0.332 e. The highest BCUT2D eigenvalue weighted by atomic mass is 32.2. The van der Waals surface area contributed by atoms with Gasteiger partial charge in [0.15, 0.2) is 11.3 Å². The Kier molecular flexibility index (Phi) is 5.11. The van der Waals surface area contributed by atoms with Gasteiger partial charge in [-0.1, -0.05) is 30.8 Å². The van der Waals surface area contributed by atoms with Crippen LogP contribution in [-0.4, -0.2) is 61.6 Å². The Labute approximate surface area is 193 Å². The SMILES string of the molecule is CCc1ccc(C(=O)NC2=NC3C(S2)C(C(=O)N2CCCC24CC4)=NN3C(C)(C)C)cc1. The van der Waals surface area contributed by atoms with Crippen LogP contribution in [0.25, 0.3) is 0 Å². The lowest BCUT2D eigenvalue weighted by Crippen LogP contribution is -2.46. The molecule has 0 aromatic heterocycles. The third-order valence-corrected chi connectivity index (χ3v) is 8.07. The Morgan fingerprint density at radius 3 is 2.53 bits per heavy atom. The fourth-order valence-electron chi connectivity index (χ4n) is 4.90. The summed E-state index contributed by atoms with van der Waals surface area (Å²) in [4.78, 5) is 33.2. The van der Waals surface area contributed by atoms with E-state index in [0.29, 0.717) is 16.4 Å². The lowest BCUT2D eigenvalue weighted by atomic mass is 10.1. The van der Waals surface area contributed by atoms with E-state index >= 15 is 0 Å². The molecule has 8 heteroatoms. The summed E-state index contributed by atoms with van der Waals surface area (Å²) in [5.74, 6) is -0.130. The standard InChI is InChI=1S/C24H31N5O2S/c1-5-15-7-9-16(10-8-15)20(30)26-22-25-19-18(32-22)17(27-29(19)23(2,3)4)21(31)28-14-6-11-24(28)12-13-24/h7-10,18-19H,5-6,11-14H2,1-4H3,(H,25,26,30). The van der Waals surface area contributed by atoms with Gasteiger partial charge in [0.25, 0.3) is 11.8 Å². The molecule has 0 radical (unpaired) electrons. The average molecular weight is 454 g/mol. The number of hydrogen-bond acceptors (Lipinski definition) is 6. The van der Waals surface area contributed by atoms with Crippen molar-refractivity contribution in [3.05, 3.63) is 35.4 Å². The third-order valence-electron chi connectivity index (χ3n) is 6.91. The molecule has 32 heavy (non-hydrogen) atoms. The van der Waals surface area contributed by atoms with Gasteiger partial charge in [-0.25, -0.2) is 4.99 Å². The number of aryl methyl sites for hydroxylation is 1. The number of rotatable bonds is 3. The van der Waals surface area contributed by atoms with E-state index in [0.717, 1.165) is 38.6 Å². The smallest absolute Gasteiger partial charge is 0.271 e. The van der Waals surface area contributed by atoms with Gasteiger partial charge >= 0.3 is 0 Å². The zero-order valence-corrected chi connectivity index (χ0v) is 20.0. The van der Waals surface area contributed by atoms with Crippen molar-refractivity contribution in [2.75, 3.05) is 6.54 Å². The predicted octanol–water partition coefficient (Wildman–Crippen LogP) is 3.40. The van der Waals surface area contributed by atoms with E-state index in [1.807, 2.05) is 29.3 Å². The molecule has 1 N–H and O–H groups in total. The summed E-state index contributed by atoms with van der Waals surface area (Å²) in [6.45, 7) is 9.13. The maximum atomic E-state index is 13.5. The van der Waals surface area contributed by atoms with Crippen LogP contribution in [-0.2, 0) is 11.2 Å². The molecule has 2 atom stereocenters. The first-order valence-corrected chi connectivity index (χ1v) is 12.4. The number of nitrogens with zero attached hydrogens (tertiary/aromatic N) is 4. The first-order chi connectivity index (χ1) is 15.2. The number of hydrogen-bond donors (Lipinski definition) is 1. The number of hydrazone groups is 1. The second-order valence-electron chi connectivity index (χ2n) is 10.2. The van der Waals surface area contributed by atoms with Gasteiger partial charge in [-0.3, -0.25) is 14.6 Å². The fourth-order valence-corrected chi connectivity index (χ4v) is 6.02. The molecule has 0 bridgehead atoms. The molecule has 2 unspecified atom stereocenters. The van der Waals surface area contributed by atoms with Crippen LogP contribution in [0.2, 0.25) is 0 Å². The van der Waals surface area contributed by atoms with E-state index in [9.17, 15) is 9.59 Å². The van der Waals surface area contributed by atoms with E-state index in [-0.39, 0.29) is 34.3 Å². The summed E-state index contributed by atoms with van der Waals surface area (Å²) in [7, 11) is 0. The average Bonchev–Trinajstić information content (AvgIpc) is 3.07. The number of aliphatic imine (C=N–C) groups is 1. The number of benzene rings is 1. The Morgan fingerprint density at radius 2 is 1.91 bits per heavy atom. The number of carbonyl (C=O) groups excluding carboxylic acids is 2.